The van der Waals surface area contributed by atoms with Crippen molar-refractivity contribution in [2.45, 2.75) is 26.7 Å². The Morgan fingerprint density at radius 3 is 2.57 bits per heavy atom. The zero-order valence-corrected chi connectivity index (χ0v) is 16.4. The van der Waals surface area contributed by atoms with Crippen LogP contribution in [-0.4, -0.2) is 20.1 Å². The smallest absolute Gasteiger partial charge is 0.339 e. The van der Waals surface area contributed by atoms with Gasteiger partial charge in [0.1, 0.15) is 17.1 Å². The van der Waals surface area contributed by atoms with Crippen molar-refractivity contribution in [2.75, 3.05) is 19.5 Å². The van der Waals surface area contributed by atoms with E-state index in [9.17, 15) is 9.59 Å². The third-order valence-electron chi connectivity index (χ3n) is 4.83. The number of nitrogens with one attached hydrogen (secondary N) is 1. The van der Waals surface area contributed by atoms with Crippen LogP contribution < -0.4 is 20.4 Å². The maximum Gasteiger partial charge on any atom is 0.339 e. The minimum Gasteiger partial charge on any atom is -0.497 e. The molecule has 3 rings (SSSR count). The first-order chi connectivity index (χ1) is 13.4. The quantitative estimate of drug-likeness (QED) is 0.653. The second-order valence-corrected chi connectivity index (χ2v) is 6.54. The van der Waals surface area contributed by atoms with Crippen LogP contribution in [0.1, 0.15) is 23.1 Å². The van der Waals surface area contributed by atoms with Gasteiger partial charge in [0, 0.05) is 34.7 Å². The molecule has 1 N–H and O–H groups in total. The molecule has 0 atom stereocenters. The lowest BCUT2D eigenvalue weighted by molar-refractivity contribution is -0.116. The van der Waals surface area contributed by atoms with Gasteiger partial charge in [-0.05, 0) is 50.1 Å². The zero-order valence-electron chi connectivity index (χ0n) is 16.4. The molecule has 0 saturated carbocycles. The molecule has 0 aliphatic carbocycles. The number of aryl methyl sites for hydroxylation is 2. The Balaban J connectivity index is 1.80. The Morgan fingerprint density at radius 2 is 1.86 bits per heavy atom. The normalized spacial score (nSPS) is 10.7. The summed E-state index contributed by atoms with van der Waals surface area (Å²) < 4.78 is 16.0. The van der Waals surface area contributed by atoms with E-state index < -0.39 is 5.63 Å². The van der Waals surface area contributed by atoms with Crippen molar-refractivity contribution in [2.24, 2.45) is 0 Å². The summed E-state index contributed by atoms with van der Waals surface area (Å²) in [7, 11) is 3.15. The number of anilines is 1. The van der Waals surface area contributed by atoms with E-state index in [1.807, 2.05) is 26.0 Å². The van der Waals surface area contributed by atoms with Gasteiger partial charge in [-0.15, -0.1) is 0 Å². The lowest BCUT2D eigenvalue weighted by atomic mass is 10.00. The van der Waals surface area contributed by atoms with Crippen LogP contribution in [0.25, 0.3) is 11.0 Å². The fourth-order valence-electron chi connectivity index (χ4n) is 3.24. The molecule has 0 bridgehead atoms. The number of fused-ring (bicyclic) bond motifs is 1. The maximum absolute atomic E-state index is 12.5. The molecule has 28 heavy (non-hydrogen) atoms. The molecule has 6 heteroatoms. The van der Waals surface area contributed by atoms with Crippen molar-refractivity contribution in [3.05, 3.63) is 63.5 Å². The highest BCUT2D eigenvalue weighted by atomic mass is 16.5. The number of methoxy groups -OCH3 is 2. The number of ether oxygens (including phenoxy) is 2. The van der Waals surface area contributed by atoms with Crippen LogP contribution in [0.5, 0.6) is 11.5 Å². The van der Waals surface area contributed by atoms with E-state index in [0.717, 1.165) is 16.5 Å². The molecule has 0 aliphatic heterocycles. The summed E-state index contributed by atoms with van der Waals surface area (Å²) in [6, 6.07) is 10.8. The van der Waals surface area contributed by atoms with Crippen molar-refractivity contribution in [1.82, 2.24) is 0 Å². The lowest BCUT2D eigenvalue weighted by Gasteiger charge is -2.12. The number of amides is 1. The molecule has 0 fully saturated rings. The predicted octanol–water partition coefficient (Wildman–Crippen LogP) is 4.00. The fourth-order valence-corrected chi connectivity index (χ4v) is 3.24. The third kappa shape index (κ3) is 3.86. The number of carbonyl (C=O) groups excluding carboxylic acids is 1. The molecule has 0 saturated heterocycles. The van der Waals surface area contributed by atoms with Gasteiger partial charge in [-0.2, -0.15) is 0 Å². The number of carbonyl (C=O) groups is 1. The fraction of sp³-hybridized carbons (Fsp3) is 0.273. The van der Waals surface area contributed by atoms with Gasteiger partial charge < -0.3 is 19.2 Å². The van der Waals surface area contributed by atoms with E-state index in [4.69, 9.17) is 13.9 Å². The van der Waals surface area contributed by atoms with Crippen LogP contribution in [0.3, 0.4) is 0 Å². The van der Waals surface area contributed by atoms with Gasteiger partial charge in [0.15, 0.2) is 0 Å². The number of rotatable bonds is 6. The van der Waals surface area contributed by atoms with Crippen molar-refractivity contribution in [3.8, 4) is 11.5 Å². The Hall–Kier alpha value is -3.28. The van der Waals surface area contributed by atoms with Gasteiger partial charge in [-0.3, -0.25) is 4.79 Å². The summed E-state index contributed by atoms with van der Waals surface area (Å²) in [6.45, 7) is 3.73. The van der Waals surface area contributed by atoms with Crippen LogP contribution in [0.15, 0.2) is 45.6 Å². The van der Waals surface area contributed by atoms with Crippen molar-refractivity contribution >= 4 is 22.6 Å². The van der Waals surface area contributed by atoms with E-state index in [2.05, 4.69) is 5.32 Å². The Bertz CT molecular complexity index is 1080. The molecule has 6 nitrogen and oxygen atoms in total. The summed E-state index contributed by atoms with van der Waals surface area (Å²) in [5, 5.41) is 3.67. The van der Waals surface area contributed by atoms with Crippen LogP contribution in [-0.2, 0) is 11.2 Å². The molecule has 0 aliphatic rings. The molecule has 3 aromatic rings. The average molecular weight is 381 g/mol. The average Bonchev–Trinajstić information content (AvgIpc) is 2.69. The van der Waals surface area contributed by atoms with Gasteiger partial charge in [0.25, 0.3) is 0 Å². The summed E-state index contributed by atoms with van der Waals surface area (Å²) >= 11 is 0. The highest BCUT2D eigenvalue weighted by Crippen LogP contribution is 2.29. The molecule has 146 valence electrons. The van der Waals surface area contributed by atoms with Crippen LogP contribution in [0.4, 0.5) is 5.69 Å². The van der Waals surface area contributed by atoms with Gasteiger partial charge in [-0.25, -0.2) is 4.79 Å². The molecular formula is C22H23NO5. The van der Waals surface area contributed by atoms with E-state index in [-0.39, 0.29) is 12.3 Å². The first-order valence-electron chi connectivity index (χ1n) is 8.98. The van der Waals surface area contributed by atoms with Gasteiger partial charge in [-0.1, -0.05) is 6.07 Å². The summed E-state index contributed by atoms with van der Waals surface area (Å²) in [4.78, 5) is 24.8. The molecule has 0 unspecified atom stereocenters. The van der Waals surface area contributed by atoms with Gasteiger partial charge in [0.05, 0.1) is 14.2 Å². The van der Waals surface area contributed by atoms with E-state index in [1.165, 1.54) is 0 Å². The van der Waals surface area contributed by atoms with Crippen LogP contribution in [0, 0.1) is 13.8 Å². The molecular weight excluding hydrogens is 358 g/mol. The first kappa shape index (κ1) is 19.5. The van der Waals surface area contributed by atoms with Crippen LogP contribution in [0.2, 0.25) is 0 Å². The second kappa shape index (κ2) is 8.17. The van der Waals surface area contributed by atoms with Crippen molar-refractivity contribution < 1.29 is 18.7 Å². The monoisotopic (exact) mass is 381 g/mol. The highest BCUT2D eigenvalue weighted by molar-refractivity contribution is 5.91. The topological polar surface area (TPSA) is 77.8 Å². The molecule has 1 amide bonds. The molecule has 2 aromatic carbocycles. The summed E-state index contributed by atoms with van der Waals surface area (Å²) in [6.07, 6.45) is 0.467. The minimum absolute atomic E-state index is 0.170. The molecule has 0 spiro atoms. The molecule has 0 radical (unpaired) electrons. The van der Waals surface area contributed by atoms with Gasteiger partial charge in [0.2, 0.25) is 5.91 Å². The Morgan fingerprint density at radius 1 is 1.07 bits per heavy atom. The summed E-state index contributed by atoms with van der Waals surface area (Å²) in [5.41, 5.74) is 2.86. The first-order valence-corrected chi connectivity index (χ1v) is 8.98. The zero-order chi connectivity index (χ0) is 20.3. The van der Waals surface area contributed by atoms with Crippen molar-refractivity contribution in [3.63, 3.8) is 0 Å². The summed E-state index contributed by atoms with van der Waals surface area (Å²) in [5.74, 6) is 1.15. The lowest BCUT2D eigenvalue weighted by Crippen LogP contribution is -2.16. The SMILES string of the molecule is COc1cccc(NC(=O)CCc2c(C)c3ccc(OC)c(C)c3oc2=O)c1. The molecule has 1 aromatic heterocycles. The number of hydrogen-bond donors (Lipinski definition) is 1. The number of hydrogen-bond acceptors (Lipinski definition) is 5. The maximum atomic E-state index is 12.5. The van der Waals surface area contributed by atoms with E-state index in [0.29, 0.717) is 34.8 Å². The van der Waals surface area contributed by atoms with Crippen LogP contribution >= 0.6 is 0 Å². The van der Waals surface area contributed by atoms with Gasteiger partial charge >= 0.3 is 5.63 Å². The Kier molecular flexibility index (Phi) is 5.68. The largest absolute Gasteiger partial charge is 0.497 e. The van der Waals surface area contributed by atoms with E-state index in [1.54, 1.807) is 38.5 Å². The second-order valence-electron chi connectivity index (χ2n) is 6.54. The molecule has 1 heterocycles. The highest BCUT2D eigenvalue weighted by Gasteiger charge is 2.16. The van der Waals surface area contributed by atoms with Crippen molar-refractivity contribution in [1.29, 1.82) is 0 Å². The standard InChI is InChI=1S/C22H23NO5/c1-13-17-8-10-19(27-4)14(2)21(17)28-22(25)18(13)9-11-20(24)23-15-6-5-7-16(12-15)26-3/h5-8,10,12H,9,11H2,1-4H3,(H,23,24). The predicted molar refractivity (Wildman–Crippen MR) is 108 cm³/mol. The Labute approximate surface area is 163 Å². The third-order valence-corrected chi connectivity index (χ3v) is 4.83. The minimum atomic E-state index is -0.421. The van der Waals surface area contributed by atoms with E-state index >= 15 is 0 Å². The number of benzene rings is 2.